The van der Waals surface area contributed by atoms with Gasteiger partial charge in [-0.1, -0.05) is 24.3 Å². The number of carbonyl (C=O) groups is 2. The van der Waals surface area contributed by atoms with Gasteiger partial charge < -0.3 is 10.6 Å². The molecule has 154 valence electrons. The summed E-state index contributed by atoms with van der Waals surface area (Å²) >= 11 is 0. The number of alkyl halides is 2. The van der Waals surface area contributed by atoms with Gasteiger partial charge in [0.05, 0.1) is 0 Å². The van der Waals surface area contributed by atoms with Crippen molar-refractivity contribution in [3.05, 3.63) is 65.7 Å². The molecule has 5 nitrogen and oxygen atoms in total. The van der Waals surface area contributed by atoms with Gasteiger partial charge in [0.25, 0.3) is 17.7 Å². The second-order valence-electron chi connectivity index (χ2n) is 7.31. The average molecular weight is 413 g/mol. The third kappa shape index (κ3) is 3.72. The number of carbonyl (C=O) groups excluding carboxylic acids is 2. The first kappa shape index (κ1) is 19.9. The Morgan fingerprint density at radius 3 is 2.47 bits per heavy atom. The Morgan fingerprint density at radius 1 is 1.07 bits per heavy atom. The SMILES string of the molecule is NC(=O)c1ncc(-c2cccc3cc(C(=O)N4CCC(F)(F)CC4)ccc23)cc1F. The molecule has 1 aliphatic rings. The van der Waals surface area contributed by atoms with Crippen LogP contribution < -0.4 is 5.73 Å². The van der Waals surface area contributed by atoms with Crippen molar-refractivity contribution < 1.29 is 22.8 Å². The topological polar surface area (TPSA) is 76.3 Å². The Hall–Kier alpha value is -3.42. The number of likely N-dealkylation sites (tertiary alicyclic amines) is 1. The van der Waals surface area contributed by atoms with Gasteiger partial charge in [-0.3, -0.25) is 9.59 Å². The molecule has 1 aromatic heterocycles. The number of hydrogen-bond acceptors (Lipinski definition) is 3. The molecule has 0 saturated carbocycles. The van der Waals surface area contributed by atoms with Crippen LogP contribution in [-0.2, 0) is 0 Å². The molecule has 1 aliphatic heterocycles. The molecule has 3 aromatic rings. The molecule has 8 heteroatoms. The predicted octanol–water partition coefficient (Wildman–Crippen LogP) is 4.01. The maximum atomic E-state index is 14.2. The van der Waals surface area contributed by atoms with Crippen LogP contribution >= 0.6 is 0 Å². The van der Waals surface area contributed by atoms with E-state index in [9.17, 15) is 22.8 Å². The molecule has 4 rings (SSSR count). The predicted molar refractivity (Wildman–Crippen MR) is 106 cm³/mol. The van der Waals surface area contributed by atoms with Gasteiger partial charge in [0.2, 0.25) is 0 Å². The summed E-state index contributed by atoms with van der Waals surface area (Å²) in [5, 5.41) is 1.49. The molecular formula is C22H18F3N3O2. The van der Waals surface area contributed by atoms with Gasteiger partial charge in [0, 0.05) is 43.3 Å². The van der Waals surface area contributed by atoms with Gasteiger partial charge in [-0.15, -0.1) is 0 Å². The largest absolute Gasteiger partial charge is 0.364 e. The summed E-state index contributed by atoms with van der Waals surface area (Å²) in [6.45, 7) is 0.0299. The minimum atomic E-state index is -2.72. The highest BCUT2D eigenvalue weighted by Crippen LogP contribution is 2.31. The third-order valence-corrected chi connectivity index (χ3v) is 5.30. The number of piperidine rings is 1. The van der Waals surface area contributed by atoms with Crippen molar-refractivity contribution in [1.29, 1.82) is 0 Å². The summed E-state index contributed by atoms with van der Waals surface area (Å²) in [5.41, 5.74) is 6.20. The van der Waals surface area contributed by atoms with E-state index < -0.39 is 23.3 Å². The van der Waals surface area contributed by atoms with Crippen LogP contribution in [0.4, 0.5) is 13.2 Å². The summed E-state index contributed by atoms with van der Waals surface area (Å²) in [5.74, 6) is -4.78. The zero-order chi connectivity index (χ0) is 21.5. The molecule has 2 heterocycles. The molecule has 1 fully saturated rings. The third-order valence-electron chi connectivity index (χ3n) is 5.30. The first-order chi connectivity index (χ1) is 14.2. The van der Waals surface area contributed by atoms with Crippen molar-refractivity contribution in [1.82, 2.24) is 9.88 Å². The van der Waals surface area contributed by atoms with Gasteiger partial charge in [-0.2, -0.15) is 0 Å². The zero-order valence-electron chi connectivity index (χ0n) is 15.9. The van der Waals surface area contributed by atoms with E-state index in [-0.39, 0.29) is 31.8 Å². The van der Waals surface area contributed by atoms with E-state index in [1.54, 1.807) is 30.3 Å². The van der Waals surface area contributed by atoms with Crippen LogP contribution in [0.5, 0.6) is 0 Å². The minimum Gasteiger partial charge on any atom is -0.364 e. The number of benzene rings is 2. The van der Waals surface area contributed by atoms with Crippen molar-refractivity contribution in [2.24, 2.45) is 5.73 Å². The number of aromatic nitrogens is 1. The Kier molecular flexibility index (Phi) is 4.93. The zero-order valence-corrected chi connectivity index (χ0v) is 15.9. The summed E-state index contributed by atoms with van der Waals surface area (Å²) in [4.78, 5) is 29.2. The summed E-state index contributed by atoms with van der Waals surface area (Å²) in [7, 11) is 0. The first-order valence-corrected chi connectivity index (χ1v) is 9.41. The van der Waals surface area contributed by atoms with E-state index in [1.165, 1.54) is 17.2 Å². The molecule has 0 bridgehead atoms. The number of primary amides is 1. The molecule has 0 radical (unpaired) electrons. The first-order valence-electron chi connectivity index (χ1n) is 9.41. The van der Waals surface area contributed by atoms with Crippen LogP contribution in [0.25, 0.3) is 21.9 Å². The highest BCUT2D eigenvalue weighted by atomic mass is 19.3. The van der Waals surface area contributed by atoms with Crippen LogP contribution in [0, 0.1) is 5.82 Å². The van der Waals surface area contributed by atoms with Crippen LogP contribution in [-0.4, -0.2) is 40.7 Å². The van der Waals surface area contributed by atoms with E-state index in [0.29, 0.717) is 16.7 Å². The molecule has 0 aliphatic carbocycles. The summed E-state index contributed by atoms with van der Waals surface area (Å²) < 4.78 is 40.9. The van der Waals surface area contributed by atoms with Crippen molar-refractivity contribution in [3.8, 4) is 11.1 Å². The maximum absolute atomic E-state index is 14.2. The second kappa shape index (κ2) is 7.44. The molecule has 1 saturated heterocycles. The van der Waals surface area contributed by atoms with Crippen molar-refractivity contribution in [3.63, 3.8) is 0 Å². The normalized spacial score (nSPS) is 15.9. The summed E-state index contributed by atoms with van der Waals surface area (Å²) in [6.07, 6.45) is 0.692. The molecule has 2 aromatic carbocycles. The fourth-order valence-corrected chi connectivity index (χ4v) is 3.65. The maximum Gasteiger partial charge on any atom is 0.270 e. The molecule has 2 amide bonds. The van der Waals surface area contributed by atoms with E-state index >= 15 is 0 Å². The lowest BCUT2D eigenvalue weighted by atomic mass is 9.97. The Balaban J connectivity index is 1.67. The fraction of sp³-hybridized carbons (Fsp3) is 0.227. The smallest absolute Gasteiger partial charge is 0.270 e. The number of rotatable bonds is 3. The number of fused-ring (bicyclic) bond motifs is 1. The molecular weight excluding hydrogens is 395 g/mol. The number of nitrogens with zero attached hydrogens (tertiary/aromatic N) is 2. The lowest BCUT2D eigenvalue weighted by Gasteiger charge is -2.31. The quantitative estimate of drug-likeness (QED) is 0.705. The van der Waals surface area contributed by atoms with Gasteiger partial charge >= 0.3 is 0 Å². The van der Waals surface area contributed by atoms with E-state index in [4.69, 9.17) is 5.73 Å². The van der Waals surface area contributed by atoms with Crippen LogP contribution in [0.2, 0.25) is 0 Å². The van der Waals surface area contributed by atoms with Crippen LogP contribution in [0.1, 0.15) is 33.7 Å². The minimum absolute atomic E-state index is 0.0149. The van der Waals surface area contributed by atoms with Gasteiger partial charge in [-0.25, -0.2) is 18.2 Å². The monoisotopic (exact) mass is 413 g/mol. The summed E-state index contributed by atoms with van der Waals surface area (Å²) in [6, 6.07) is 11.6. The second-order valence-corrected chi connectivity index (χ2v) is 7.31. The van der Waals surface area contributed by atoms with Crippen LogP contribution in [0.15, 0.2) is 48.7 Å². The number of pyridine rings is 1. The molecule has 0 atom stereocenters. The average Bonchev–Trinajstić information content (AvgIpc) is 2.72. The van der Waals surface area contributed by atoms with Crippen LogP contribution in [0.3, 0.4) is 0 Å². The molecule has 0 spiro atoms. The van der Waals surface area contributed by atoms with E-state index in [1.807, 2.05) is 6.07 Å². The standard InChI is InChI=1S/C22H18F3N3O2/c23-18-11-15(12-27-19(18)20(26)29)16-3-1-2-13-10-14(4-5-17(13)16)21(30)28-8-6-22(24,25)7-9-28/h1-5,10-12H,6-9H2,(H2,26,29). The number of amides is 2. The van der Waals surface area contributed by atoms with Crippen molar-refractivity contribution in [2.75, 3.05) is 13.1 Å². The number of hydrogen-bond donors (Lipinski definition) is 1. The Bertz CT molecular complexity index is 1150. The van der Waals surface area contributed by atoms with Crippen molar-refractivity contribution >= 4 is 22.6 Å². The molecule has 2 N–H and O–H groups in total. The lowest BCUT2D eigenvalue weighted by molar-refractivity contribution is -0.0494. The van der Waals surface area contributed by atoms with Gasteiger partial charge in [0.15, 0.2) is 11.5 Å². The Morgan fingerprint density at radius 2 is 1.80 bits per heavy atom. The fourth-order valence-electron chi connectivity index (χ4n) is 3.65. The number of nitrogens with two attached hydrogens (primary N) is 1. The van der Waals surface area contributed by atoms with E-state index in [2.05, 4.69) is 4.98 Å². The lowest BCUT2D eigenvalue weighted by Crippen LogP contribution is -2.42. The molecule has 0 unspecified atom stereocenters. The molecule has 30 heavy (non-hydrogen) atoms. The van der Waals surface area contributed by atoms with Crippen molar-refractivity contribution in [2.45, 2.75) is 18.8 Å². The highest BCUT2D eigenvalue weighted by molar-refractivity contribution is 6.03. The van der Waals surface area contributed by atoms with Gasteiger partial charge in [0.1, 0.15) is 0 Å². The highest BCUT2D eigenvalue weighted by Gasteiger charge is 2.35. The number of halogens is 3. The van der Waals surface area contributed by atoms with Gasteiger partial charge in [-0.05, 0) is 34.5 Å². The Labute approximate surface area is 170 Å². The van der Waals surface area contributed by atoms with E-state index in [0.717, 1.165) is 10.8 Å².